The summed E-state index contributed by atoms with van der Waals surface area (Å²) in [5, 5.41) is 1.19. The molecule has 2 nitrogen and oxygen atoms in total. The molecule has 17 heavy (non-hydrogen) atoms. The fraction of sp³-hybridized carbons (Fsp3) is 0.467. The third-order valence-corrected chi connectivity index (χ3v) is 4.03. The number of nitrogens with two attached hydrogens (primary N) is 1. The molecule has 3 rings (SSSR count). The van der Waals surface area contributed by atoms with Crippen molar-refractivity contribution in [2.24, 2.45) is 11.7 Å². The summed E-state index contributed by atoms with van der Waals surface area (Å²) in [7, 11) is 0. The van der Waals surface area contributed by atoms with Crippen LogP contribution >= 0.6 is 0 Å². The first-order valence-corrected chi connectivity index (χ1v) is 6.58. The summed E-state index contributed by atoms with van der Waals surface area (Å²) in [6, 6.07) is 8.30. The molecular weight excluding hydrogens is 210 g/mol. The largest absolute Gasteiger partial charge is 0.464 e. The minimum atomic E-state index is 0.138. The molecule has 1 heterocycles. The highest BCUT2D eigenvalue weighted by molar-refractivity contribution is 5.81. The van der Waals surface area contributed by atoms with Crippen LogP contribution in [-0.4, -0.2) is 0 Å². The van der Waals surface area contributed by atoms with Crippen LogP contribution in [0, 0.1) is 5.92 Å². The van der Waals surface area contributed by atoms with Gasteiger partial charge in [-0.05, 0) is 24.8 Å². The van der Waals surface area contributed by atoms with Gasteiger partial charge in [-0.15, -0.1) is 0 Å². The quantitative estimate of drug-likeness (QED) is 0.845. The zero-order valence-electron chi connectivity index (χ0n) is 10.1. The number of fused-ring (bicyclic) bond motifs is 1. The summed E-state index contributed by atoms with van der Waals surface area (Å²) in [5.74, 6) is 0.629. The number of para-hydroxylation sites is 1. The number of furan rings is 1. The molecule has 0 saturated heterocycles. The van der Waals surface area contributed by atoms with Gasteiger partial charge in [0.15, 0.2) is 0 Å². The van der Waals surface area contributed by atoms with E-state index in [2.05, 4.69) is 12.1 Å². The summed E-state index contributed by atoms with van der Waals surface area (Å²) in [6.07, 6.45) is 8.41. The minimum Gasteiger partial charge on any atom is -0.464 e. The van der Waals surface area contributed by atoms with Crippen LogP contribution < -0.4 is 5.73 Å². The molecule has 2 aromatic rings. The first-order chi connectivity index (χ1) is 8.36. The molecule has 1 aromatic heterocycles. The summed E-state index contributed by atoms with van der Waals surface area (Å²) >= 11 is 0. The van der Waals surface area contributed by atoms with E-state index in [1.807, 2.05) is 18.4 Å². The molecule has 2 heteroatoms. The lowest BCUT2D eigenvalue weighted by Crippen LogP contribution is -2.23. The number of hydrogen-bond acceptors (Lipinski definition) is 2. The van der Waals surface area contributed by atoms with E-state index in [1.54, 1.807) is 0 Å². The topological polar surface area (TPSA) is 39.2 Å². The fourth-order valence-electron chi connectivity index (χ4n) is 3.00. The van der Waals surface area contributed by atoms with Gasteiger partial charge in [-0.1, -0.05) is 37.5 Å². The maximum absolute atomic E-state index is 6.42. The molecule has 90 valence electrons. The molecule has 0 radical (unpaired) electrons. The predicted octanol–water partition coefficient (Wildman–Crippen LogP) is 4.01. The van der Waals surface area contributed by atoms with Gasteiger partial charge in [-0.2, -0.15) is 0 Å². The molecule has 1 aromatic carbocycles. The van der Waals surface area contributed by atoms with Gasteiger partial charge < -0.3 is 10.2 Å². The van der Waals surface area contributed by atoms with E-state index in [4.69, 9.17) is 10.2 Å². The second kappa shape index (κ2) is 4.53. The summed E-state index contributed by atoms with van der Waals surface area (Å²) < 4.78 is 5.58. The zero-order chi connectivity index (χ0) is 11.7. The van der Waals surface area contributed by atoms with Crippen molar-refractivity contribution in [3.05, 3.63) is 36.1 Å². The minimum absolute atomic E-state index is 0.138. The lowest BCUT2D eigenvalue weighted by Gasteiger charge is -2.27. The standard InChI is InChI=1S/C15H19NO/c16-15(11-6-2-1-3-7-11)13-10-17-14-9-5-4-8-12(13)14/h4-5,8-11,15H,1-3,6-7,16H2. The summed E-state index contributed by atoms with van der Waals surface area (Å²) in [5.41, 5.74) is 8.56. The molecule has 1 fully saturated rings. The van der Waals surface area contributed by atoms with E-state index < -0.39 is 0 Å². The molecule has 1 atom stereocenters. The van der Waals surface area contributed by atoms with Crippen molar-refractivity contribution in [2.45, 2.75) is 38.1 Å². The lowest BCUT2D eigenvalue weighted by atomic mass is 9.81. The van der Waals surface area contributed by atoms with Gasteiger partial charge in [0.25, 0.3) is 0 Å². The Morgan fingerprint density at radius 3 is 2.71 bits per heavy atom. The molecule has 0 aliphatic heterocycles. The lowest BCUT2D eigenvalue weighted by molar-refractivity contribution is 0.308. The molecule has 0 amide bonds. The summed E-state index contributed by atoms with van der Waals surface area (Å²) in [4.78, 5) is 0. The van der Waals surface area contributed by atoms with E-state index in [0.717, 1.165) is 5.58 Å². The highest BCUT2D eigenvalue weighted by Gasteiger charge is 2.24. The number of rotatable bonds is 2. The average molecular weight is 229 g/mol. The molecule has 1 unspecified atom stereocenters. The van der Waals surface area contributed by atoms with Gasteiger partial charge in [0.1, 0.15) is 5.58 Å². The van der Waals surface area contributed by atoms with Crippen LogP contribution in [0.5, 0.6) is 0 Å². The second-order valence-corrected chi connectivity index (χ2v) is 5.11. The highest BCUT2D eigenvalue weighted by Crippen LogP contribution is 2.36. The van der Waals surface area contributed by atoms with Crippen LogP contribution in [0.25, 0.3) is 11.0 Å². The monoisotopic (exact) mass is 229 g/mol. The number of hydrogen-bond donors (Lipinski definition) is 1. The van der Waals surface area contributed by atoms with Crippen LogP contribution in [0.4, 0.5) is 0 Å². The van der Waals surface area contributed by atoms with Crippen LogP contribution in [0.3, 0.4) is 0 Å². The van der Waals surface area contributed by atoms with Gasteiger partial charge in [0, 0.05) is 17.0 Å². The third-order valence-electron chi connectivity index (χ3n) is 4.03. The van der Waals surface area contributed by atoms with E-state index in [0.29, 0.717) is 5.92 Å². The number of benzene rings is 1. The van der Waals surface area contributed by atoms with Crippen LogP contribution in [0.2, 0.25) is 0 Å². The van der Waals surface area contributed by atoms with Crippen molar-refractivity contribution in [1.29, 1.82) is 0 Å². The highest BCUT2D eigenvalue weighted by atomic mass is 16.3. The first kappa shape index (κ1) is 10.8. The third kappa shape index (κ3) is 1.98. The second-order valence-electron chi connectivity index (χ2n) is 5.11. The molecular formula is C15H19NO. The zero-order valence-corrected chi connectivity index (χ0v) is 10.1. The fourth-order valence-corrected chi connectivity index (χ4v) is 3.00. The van der Waals surface area contributed by atoms with E-state index >= 15 is 0 Å². The van der Waals surface area contributed by atoms with Crippen molar-refractivity contribution in [3.8, 4) is 0 Å². The average Bonchev–Trinajstić information content (AvgIpc) is 2.83. The maximum Gasteiger partial charge on any atom is 0.134 e. The van der Waals surface area contributed by atoms with Gasteiger partial charge in [0.05, 0.1) is 6.26 Å². The summed E-state index contributed by atoms with van der Waals surface area (Å²) in [6.45, 7) is 0. The Bertz CT molecular complexity index is 496. The van der Waals surface area contributed by atoms with E-state index in [-0.39, 0.29) is 6.04 Å². The Labute approximate surface area is 102 Å². The molecule has 0 bridgehead atoms. The maximum atomic E-state index is 6.42. The predicted molar refractivity (Wildman–Crippen MR) is 69.7 cm³/mol. The van der Waals surface area contributed by atoms with Crippen molar-refractivity contribution in [2.75, 3.05) is 0 Å². The van der Waals surface area contributed by atoms with Crippen molar-refractivity contribution in [3.63, 3.8) is 0 Å². The Kier molecular flexibility index (Phi) is 2.89. The first-order valence-electron chi connectivity index (χ1n) is 6.58. The molecule has 2 N–H and O–H groups in total. The Balaban J connectivity index is 1.92. The van der Waals surface area contributed by atoms with E-state index in [1.165, 1.54) is 43.1 Å². The Morgan fingerprint density at radius 1 is 1.12 bits per heavy atom. The van der Waals surface area contributed by atoms with Crippen LogP contribution in [-0.2, 0) is 0 Å². The van der Waals surface area contributed by atoms with Crippen molar-refractivity contribution >= 4 is 11.0 Å². The van der Waals surface area contributed by atoms with Crippen LogP contribution in [0.15, 0.2) is 34.9 Å². The molecule has 0 spiro atoms. The molecule has 1 aliphatic rings. The molecule has 1 saturated carbocycles. The Morgan fingerprint density at radius 2 is 1.88 bits per heavy atom. The van der Waals surface area contributed by atoms with Crippen molar-refractivity contribution in [1.82, 2.24) is 0 Å². The normalized spacial score (nSPS) is 19.6. The SMILES string of the molecule is NC(c1coc2ccccc12)C1CCCCC1. The Hall–Kier alpha value is -1.28. The van der Waals surface area contributed by atoms with Crippen LogP contribution in [0.1, 0.15) is 43.7 Å². The smallest absolute Gasteiger partial charge is 0.134 e. The van der Waals surface area contributed by atoms with E-state index in [9.17, 15) is 0 Å². The van der Waals surface area contributed by atoms with Gasteiger partial charge in [-0.3, -0.25) is 0 Å². The van der Waals surface area contributed by atoms with Gasteiger partial charge >= 0.3 is 0 Å². The van der Waals surface area contributed by atoms with Gasteiger partial charge in [-0.25, -0.2) is 0 Å². The van der Waals surface area contributed by atoms with Crippen molar-refractivity contribution < 1.29 is 4.42 Å². The van der Waals surface area contributed by atoms with Gasteiger partial charge in [0.2, 0.25) is 0 Å². The molecule has 1 aliphatic carbocycles.